The minimum Gasteiger partial charge on any atom is -0.473 e. The second kappa shape index (κ2) is 8.85. The van der Waals surface area contributed by atoms with Crippen LogP contribution in [0.3, 0.4) is 0 Å². The van der Waals surface area contributed by atoms with Crippen LogP contribution < -0.4 is 0 Å². The normalized spacial score (nSPS) is 15.4. The van der Waals surface area contributed by atoms with Crippen molar-refractivity contribution in [3.63, 3.8) is 0 Å². The van der Waals surface area contributed by atoms with Gasteiger partial charge in [0.15, 0.2) is 5.78 Å². The van der Waals surface area contributed by atoms with E-state index in [2.05, 4.69) is 4.42 Å². The number of carbonyl (C=O) groups is 1. The number of ketones is 1. The van der Waals surface area contributed by atoms with E-state index in [1.54, 1.807) is 12.5 Å². The number of Topliss-reactive ketones (excluding diaryl/α,β-unsaturated/α-hetero) is 1. The molecule has 0 radical (unpaired) electrons. The van der Waals surface area contributed by atoms with Crippen LogP contribution in [0.2, 0.25) is 0 Å². The summed E-state index contributed by atoms with van der Waals surface area (Å²) >= 11 is 0. The Bertz CT molecular complexity index is 268. The van der Waals surface area contributed by atoms with E-state index in [0.717, 1.165) is 0 Å². The first-order valence-electron chi connectivity index (χ1n) is 4.80. The zero-order chi connectivity index (χ0) is 13.3. The van der Waals surface area contributed by atoms with E-state index >= 15 is 0 Å². The number of carbonyl (C=O) groups excluding carboxylic acids is 1. The molecule has 0 saturated carbocycles. The Morgan fingerprint density at radius 3 is 1.94 bits per heavy atom. The van der Waals surface area contributed by atoms with E-state index in [9.17, 15) is 4.79 Å². The van der Waals surface area contributed by atoms with Crippen LogP contribution in [0.1, 0.15) is 0 Å². The Labute approximate surface area is 97.6 Å². The van der Waals surface area contributed by atoms with E-state index in [0.29, 0.717) is 0 Å². The number of aliphatic hydroxyl groups excluding tert-OH is 5. The van der Waals surface area contributed by atoms with Gasteiger partial charge in [-0.05, 0) is 12.1 Å². The number of aliphatic hydroxyl groups is 5. The summed E-state index contributed by atoms with van der Waals surface area (Å²) in [6.45, 7) is -1.69. The van der Waals surface area contributed by atoms with Gasteiger partial charge in [0.2, 0.25) is 0 Å². The first-order chi connectivity index (χ1) is 8.04. The van der Waals surface area contributed by atoms with Gasteiger partial charge >= 0.3 is 0 Å². The molecule has 0 amide bonds. The zero-order valence-electron chi connectivity index (χ0n) is 9.01. The van der Waals surface area contributed by atoms with Crippen molar-refractivity contribution < 1.29 is 34.7 Å². The third-order valence-corrected chi connectivity index (χ3v) is 1.82. The highest BCUT2D eigenvalue weighted by atomic mass is 16.4. The first kappa shape index (κ1) is 15.8. The monoisotopic (exact) mass is 248 g/mol. The standard InChI is InChI=1S/C6H12O6.C4H4O/c7-1-3(9)5(11)6(12)4(10)2-8;1-2-4-5-3-1/h3,5-9,11-12H,1-2H2;1-4H. The molecule has 0 fully saturated rings. The highest BCUT2D eigenvalue weighted by Crippen LogP contribution is 2.00. The minimum atomic E-state index is -1.86. The minimum absolute atomic E-state index is 0.767. The Morgan fingerprint density at radius 2 is 1.65 bits per heavy atom. The van der Waals surface area contributed by atoms with E-state index in [4.69, 9.17) is 25.5 Å². The number of furan rings is 1. The Morgan fingerprint density at radius 1 is 1.12 bits per heavy atom. The zero-order valence-corrected chi connectivity index (χ0v) is 9.01. The molecule has 1 heterocycles. The van der Waals surface area contributed by atoms with Gasteiger partial charge < -0.3 is 29.9 Å². The average molecular weight is 248 g/mol. The fourth-order valence-electron chi connectivity index (χ4n) is 0.829. The van der Waals surface area contributed by atoms with Gasteiger partial charge in [-0.15, -0.1) is 0 Å². The molecule has 3 unspecified atom stereocenters. The van der Waals surface area contributed by atoms with Gasteiger partial charge in [0, 0.05) is 0 Å². The highest BCUT2D eigenvalue weighted by molar-refractivity contribution is 5.84. The predicted octanol–water partition coefficient (Wildman–Crippen LogP) is -2.10. The third-order valence-electron chi connectivity index (χ3n) is 1.82. The third kappa shape index (κ3) is 6.15. The van der Waals surface area contributed by atoms with Crippen LogP contribution in [0, 0.1) is 0 Å². The molecule has 0 spiro atoms. The number of rotatable bonds is 5. The van der Waals surface area contributed by atoms with Crippen molar-refractivity contribution in [3.8, 4) is 0 Å². The lowest BCUT2D eigenvalue weighted by Gasteiger charge is -2.19. The van der Waals surface area contributed by atoms with Crippen LogP contribution in [0.5, 0.6) is 0 Å². The fourth-order valence-corrected chi connectivity index (χ4v) is 0.829. The number of hydrogen-bond donors (Lipinski definition) is 5. The molecule has 1 rings (SSSR count). The summed E-state index contributed by atoms with van der Waals surface area (Å²) < 4.78 is 4.58. The van der Waals surface area contributed by atoms with Crippen LogP contribution in [0.15, 0.2) is 29.1 Å². The van der Waals surface area contributed by atoms with Crippen molar-refractivity contribution in [2.45, 2.75) is 18.3 Å². The van der Waals surface area contributed by atoms with E-state index in [1.807, 2.05) is 12.1 Å². The lowest BCUT2D eigenvalue weighted by Crippen LogP contribution is -2.44. The average Bonchev–Trinajstić information content (AvgIpc) is 2.93. The van der Waals surface area contributed by atoms with Crippen molar-refractivity contribution in [1.29, 1.82) is 0 Å². The maximum Gasteiger partial charge on any atom is 0.189 e. The molecule has 17 heavy (non-hydrogen) atoms. The van der Waals surface area contributed by atoms with E-state index in [-0.39, 0.29) is 0 Å². The summed E-state index contributed by atoms with van der Waals surface area (Å²) in [5.74, 6) is -1.00. The predicted molar refractivity (Wildman–Crippen MR) is 55.9 cm³/mol. The number of hydrogen-bond acceptors (Lipinski definition) is 7. The maximum absolute atomic E-state index is 10.5. The van der Waals surface area contributed by atoms with Gasteiger partial charge in [-0.1, -0.05) is 0 Å². The van der Waals surface area contributed by atoms with Crippen LogP contribution in [-0.2, 0) is 4.79 Å². The molecule has 0 bridgehead atoms. The summed E-state index contributed by atoms with van der Waals surface area (Å²) in [4.78, 5) is 10.5. The van der Waals surface area contributed by atoms with Gasteiger partial charge in [0.05, 0.1) is 19.1 Å². The molecule has 0 aromatic carbocycles. The van der Waals surface area contributed by atoms with E-state index < -0.39 is 37.3 Å². The molecule has 3 atom stereocenters. The summed E-state index contributed by atoms with van der Waals surface area (Å²) in [5, 5.41) is 43.1. The lowest BCUT2D eigenvalue weighted by molar-refractivity contribution is -0.142. The van der Waals surface area contributed by atoms with Crippen molar-refractivity contribution in [2.75, 3.05) is 13.2 Å². The lowest BCUT2D eigenvalue weighted by atomic mass is 10.1. The topological polar surface area (TPSA) is 131 Å². The van der Waals surface area contributed by atoms with Gasteiger partial charge in [-0.2, -0.15) is 0 Å². The smallest absolute Gasteiger partial charge is 0.189 e. The van der Waals surface area contributed by atoms with Gasteiger partial charge in [-0.25, -0.2) is 0 Å². The molecule has 98 valence electrons. The molecule has 1 aromatic rings. The molecule has 7 nitrogen and oxygen atoms in total. The fraction of sp³-hybridized carbons (Fsp3) is 0.500. The van der Waals surface area contributed by atoms with E-state index in [1.165, 1.54) is 0 Å². The van der Waals surface area contributed by atoms with Crippen molar-refractivity contribution in [3.05, 3.63) is 24.7 Å². The molecular formula is C10H16O7. The Hall–Kier alpha value is -1.25. The molecular weight excluding hydrogens is 232 g/mol. The highest BCUT2D eigenvalue weighted by Gasteiger charge is 2.28. The quantitative estimate of drug-likeness (QED) is 0.403. The van der Waals surface area contributed by atoms with Crippen molar-refractivity contribution >= 4 is 5.78 Å². The van der Waals surface area contributed by atoms with Gasteiger partial charge in [0.25, 0.3) is 0 Å². The van der Waals surface area contributed by atoms with Crippen LogP contribution >= 0.6 is 0 Å². The summed E-state index contributed by atoms with van der Waals surface area (Å²) in [7, 11) is 0. The first-order valence-corrected chi connectivity index (χ1v) is 4.80. The second-order valence-electron chi connectivity index (χ2n) is 3.10. The van der Waals surface area contributed by atoms with Gasteiger partial charge in [0.1, 0.15) is 24.9 Å². The maximum atomic E-state index is 10.5. The molecule has 0 aliphatic carbocycles. The van der Waals surface area contributed by atoms with Crippen LogP contribution in [0.25, 0.3) is 0 Å². The van der Waals surface area contributed by atoms with Crippen molar-refractivity contribution in [2.24, 2.45) is 0 Å². The van der Waals surface area contributed by atoms with Gasteiger partial charge in [-0.3, -0.25) is 4.79 Å². The molecule has 0 aliphatic rings. The summed E-state index contributed by atoms with van der Waals surface area (Å²) in [6.07, 6.45) is -1.97. The summed E-state index contributed by atoms with van der Waals surface area (Å²) in [5.41, 5.74) is 0. The molecule has 1 aromatic heterocycles. The molecule has 5 N–H and O–H groups in total. The molecule has 7 heteroatoms. The Kier molecular flexibility index (Phi) is 8.20. The SMILES string of the molecule is O=C(CO)C(O)C(O)C(O)CO.c1ccoc1. The van der Waals surface area contributed by atoms with Crippen LogP contribution in [-0.4, -0.2) is 62.8 Å². The second-order valence-corrected chi connectivity index (χ2v) is 3.10. The molecule has 0 saturated heterocycles. The van der Waals surface area contributed by atoms with Crippen molar-refractivity contribution in [1.82, 2.24) is 0 Å². The molecule has 0 aliphatic heterocycles. The summed E-state index contributed by atoms with van der Waals surface area (Å²) in [6, 6.07) is 3.67. The van der Waals surface area contributed by atoms with Crippen LogP contribution in [0.4, 0.5) is 0 Å². The largest absolute Gasteiger partial charge is 0.473 e. The Balaban J connectivity index is 0.000000419.